The molecule has 0 atom stereocenters. The van der Waals surface area contributed by atoms with Crippen LogP contribution in [0.15, 0.2) is 28.7 Å². The number of carbonyl (C=O) groups excluding carboxylic acids is 1. The van der Waals surface area contributed by atoms with Crippen LogP contribution in [0.2, 0.25) is 0 Å². The Bertz CT molecular complexity index is 620. The lowest BCUT2D eigenvalue weighted by Crippen LogP contribution is -2.66. The first kappa shape index (κ1) is 11.3. The summed E-state index contributed by atoms with van der Waals surface area (Å²) in [6.07, 6.45) is 0. The molecule has 4 heteroatoms. The largest absolute Gasteiger partial charge is 0.451 e. The fourth-order valence-electron chi connectivity index (χ4n) is 2.39. The van der Waals surface area contributed by atoms with Crippen LogP contribution in [0.3, 0.4) is 0 Å². The highest BCUT2D eigenvalue weighted by molar-refractivity contribution is 5.96. The second-order valence-corrected chi connectivity index (χ2v) is 5.47. The summed E-state index contributed by atoms with van der Waals surface area (Å²) in [4.78, 5) is 13.9. The van der Waals surface area contributed by atoms with Gasteiger partial charge in [0.25, 0.3) is 5.91 Å². The first-order valence-electron chi connectivity index (χ1n) is 6.03. The van der Waals surface area contributed by atoms with Crippen molar-refractivity contribution in [2.75, 3.05) is 13.1 Å². The molecule has 2 N–H and O–H groups in total. The Morgan fingerprint density at radius 1 is 1.39 bits per heavy atom. The predicted molar refractivity (Wildman–Crippen MR) is 69.4 cm³/mol. The second-order valence-electron chi connectivity index (χ2n) is 5.47. The highest BCUT2D eigenvalue weighted by Crippen LogP contribution is 2.25. The summed E-state index contributed by atoms with van der Waals surface area (Å²) in [5, 5.41) is 0.967. The van der Waals surface area contributed by atoms with E-state index in [1.165, 1.54) is 0 Å². The predicted octanol–water partition coefficient (Wildman–Crippen LogP) is 1.91. The topological polar surface area (TPSA) is 59.5 Å². The number of furan rings is 1. The molecule has 1 aromatic heterocycles. The number of carbonyl (C=O) groups is 1. The average Bonchev–Trinajstić information content (AvgIpc) is 2.67. The number of amides is 1. The molecule has 1 aliphatic rings. The minimum Gasteiger partial charge on any atom is -0.451 e. The van der Waals surface area contributed by atoms with Gasteiger partial charge in [0.2, 0.25) is 0 Å². The Morgan fingerprint density at radius 2 is 2.11 bits per heavy atom. The zero-order valence-corrected chi connectivity index (χ0v) is 10.6. The summed E-state index contributed by atoms with van der Waals surface area (Å²) in [7, 11) is 0. The second kappa shape index (κ2) is 3.59. The maximum atomic E-state index is 12.1. The Morgan fingerprint density at radius 3 is 2.78 bits per heavy atom. The molecule has 1 saturated heterocycles. The Kier molecular flexibility index (Phi) is 2.25. The zero-order chi connectivity index (χ0) is 12.9. The Labute approximate surface area is 105 Å². The minimum absolute atomic E-state index is 0.0771. The molecule has 1 aromatic carbocycles. The molecule has 2 heterocycles. The van der Waals surface area contributed by atoms with E-state index in [-0.39, 0.29) is 11.4 Å². The van der Waals surface area contributed by atoms with Gasteiger partial charge in [0, 0.05) is 24.0 Å². The summed E-state index contributed by atoms with van der Waals surface area (Å²) in [6.45, 7) is 5.13. The third-order valence-electron chi connectivity index (χ3n) is 3.27. The summed E-state index contributed by atoms with van der Waals surface area (Å²) in [6, 6.07) is 7.68. The lowest BCUT2D eigenvalue weighted by molar-refractivity contribution is 0.0425. The van der Waals surface area contributed by atoms with Crippen LogP contribution >= 0.6 is 0 Å². The number of hydrogen-bond donors (Lipinski definition) is 1. The molecule has 0 radical (unpaired) electrons. The van der Waals surface area contributed by atoms with E-state index < -0.39 is 0 Å². The van der Waals surface area contributed by atoms with Gasteiger partial charge in [-0.2, -0.15) is 0 Å². The number of likely N-dealkylation sites (tertiary alicyclic amines) is 1. The maximum absolute atomic E-state index is 12.1. The van der Waals surface area contributed by atoms with Crippen LogP contribution in [0.4, 0.5) is 0 Å². The molecule has 0 saturated carbocycles. The molecule has 3 rings (SSSR count). The Hall–Kier alpha value is -1.81. The van der Waals surface area contributed by atoms with Crippen LogP contribution in [0.1, 0.15) is 23.0 Å². The third-order valence-corrected chi connectivity index (χ3v) is 3.27. The molecule has 0 unspecified atom stereocenters. The highest BCUT2D eigenvalue weighted by Gasteiger charge is 2.39. The lowest BCUT2D eigenvalue weighted by atomic mass is 9.93. The van der Waals surface area contributed by atoms with E-state index in [0.717, 1.165) is 16.5 Å². The molecule has 94 valence electrons. The molecular formula is C14H16N2O2. The van der Waals surface area contributed by atoms with E-state index in [1.54, 1.807) is 11.0 Å². The van der Waals surface area contributed by atoms with Crippen LogP contribution in [-0.2, 0) is 0 Å². The zero-order valence-electron chi connectivity index (χ0n) is 10.6. The first-order chi connectivity index (χ1) is 8.44. The molecule has 0 aliphatic carbocycles. The van der Waals surface area contributed by atoms with Crippen LogP contribution in [0.5, 0.6) is 0 Å². The van der Waals surface area contributed by atoms with E-state index in [0.29, 0.717) is 18.8 Å². The molecule has 2 aromatic rings. The first-order valence-corrected chi connectivity index (χ1v) is 6.03. The number of nitrogens with two attached hydrogens (primary N) is 1. The fourth-order valence-corrected chi connectivity index (χ4v) is 2.39. The van der Waals surface area contributed by atoms with Crippen LogP contribution in [0.25, 0.3) is 11.0 Å². The minimum atomic E-state index is -0.252. The van der Waals surface area contributed by atoms with Gasteiger partial charge in [-0.15, -0.1) is 0 Å². The van der Waals surface area contributed by atoms with Crippen molar-refractivity contribution in [3.63, 3.8) is 0 Å². The summed E-state index contributed by atoms with van der Waals surface area (Å²) in [5.41, 5.74) is 7.55. The van der Waals surface area contributed by atoms with E-state index in [2.05, 4.69) is 0 Å². The van der Waals surface area contributed by atoms with Gasteiger partial charge in [-0.25, -0.2) is 0 Å². The van der Waals surface area contributed by atoms with Crippen molar-refractivity contribution in [1.82, 2.24) is 4.90 Å². The molecule has 0 bridgehead atoms. The molecule has 0 spiro atoms. The number of aryl methyl sites for hydroxylation is 1. The van der Waals surface area contributed by atoms with E-state index >= 15 is 0 Å². The van der Waals surface area contributed by atoms with Gasteiger partial charge >= 0.3 is 0 Å². The van der Waals surface area contributed by atoms with Crippen LogP contribution in [0, 0.1) is 6.92 Å². The van der Waals surface area contributed by atoms with Crippen LogP contribution < -0.4 is 5.73 Å². The van der Waals surface area contributed by atoms with Crippen LogP contribution in [-0.4, -0.2) is 29.4 Å². The van der Waals surface area contributed by atoms with Gasteiger partial charge in [0.15, 0.2) is 5.76 Å². The molecular weight excluding hydrogens is 228 g/mol. The number of benzene rings is 1. The molecule has 1 amide bonds. The molecule has 18 heavy (non-hydrogen) atoms. The normalized spacial score (nSPS) is 17.8. The SMILES string of the molecule is Cc1ccc2oc(C(=O)N3CC(C)(N)C3)cc2c1. The fraction of sp³-hybridized carbons (Fsp3) is 0.357. The van der Waals surface area contributed by atoms with Crippen molar-refractivity contribution < 1.29 is 9.21 Å². The molecule has 1 fully saturated rings. The van der Waals surface area contributed by atoms with Gasteiger partial charge in [0.1, 0.15) is 5.58 Å². The maximum Gasteiger partial charge on any atom is 0.289 e. The molecule has 4 nitrogen and oxygen atoms in total. The smallest absolute Gasteiger partial charge is 0.289 e. The summed E-state index contributed by atoms with van der Waals surface area (Å²) >= 11 is 0. The van der Waals surface area contributed by atoms with Gasteiger partial charge in [0.05, 0.1) is 0 Å². The van der Waals surface area contributed by atoms with Gasteiger partial charge in [-0.1, -0.05) is 11.6 Å². The van der Waals surface area contributed by atoms with Crippen molar-refractivity contribution in [3.8, 4) is 0 Å². The third kappa shape index (κ3) is 1.78. The summed E-state index contributed by atoms with van der Waals surface area (Å²) < 4.78 is 5.58. The number of nitrogens with zero attached hydrogens (tertiary/aromatic N) is 1. The van der Waals surface area contributed by atoms with Gasteiger partial charge in [-0.3, -0.25) is 4.79 Å². The van der Waals surface area contributed by atoms with E-state index in [1.807, 2.05) is 32.0 Å². The van der Waals surface area contributed by atoms with Crippen molar-refractivity contribution in [2.45, 2.75) is 19.4 Å². The number of rotatable bonds is 1. The Balaban J connectivity index is 1.88. The van der Waals surface area contributed by atoms with Crippen molar-refractivity contribution in [1.29, 1.82) is 0 Å². The van der Waals surface area contributed by atoms with Gasteiger partial charge < -0.3 is 15.1 Å². The van der Waals surface area contributed by atoms with Crippen molar-refractivity contribution in [2.24, 2.45) is 5.73 Å². The van der Waals surface area contributed by atoms with E-state index in [9.17, 15) is 4.79 Å². The quantitative estimate of drug-likeness (QED) is 0.833. The van der Waals surface area contributed by atoms with Gasteiger partial charge in [-0.05, 0) is 32.0 Å². The molecule has 1 aliphatic heterocycles. The average molecular weight is 244 g/mol. The van der Waals surface area contributed by atoms with Crippen molar-refractivity contribution in [3.05, 3.63) is 35.6 Å². The monoisotopic (exact) mass is 244 g/mol. The highest BCUT2D eigenvalue weighted by atomic mass is 16.3. The number of fused-ring (bicyclic) bond motifs is 1. The van der Waals surface area contributed by atoms with Crippen molar-refractivity contribution >= 4 is 16.9 Å². The lowest BCUT2D eigenvalue weighted by Gasteiger charge is -2.44. The standard InChI is InChI=1S/C14H16N2O2/c1-9-3-4-11-10(5-9)6-12(18-11)13(17)16-7-14(2,15)8-16/h3-6H,7-8,15H2,1-2H3. The number of hydrogen-bond acceptors (Lipinski definition) is 3. The van der Waals surface area contributed by atoms with E-state index in [4.69, 9.17) is 10.2 Å². The summed E-state index contributed by atoms with van der Waals surface area (Å²) in [5.74, 6) is 0.317.